The molecule has 5 heteroatoms. The van der Waals surface area contributed by atoms with Gasteiger partial charge in [0.25, 0.3) is 0 Å². The largest absolute Gasteiger partial charge is 0.506 e. The van der Waals surface area contributed by atoms with Crippen LogP contribution in [0.5, 0.6) is 5.75 Å². The SMILES string of the molecule is Cc1ncc(CO)c([C@@H](CC(C)C)N2CCNCC2)c1O. The first kappa shape index (κ1) is 16.2. The monoisotopic (exact) mass is 293 g/mol. The van der Waals surface area contributed by atoms with Gasteiger partial charge in [0.1, 0.15) is 5.75 Å². The number of piperazine rings is 1. The highest BCUT2D eigenvalue weighted by Crippen LogP contribution is 2.37. The molecule has 1 aromatic heterocycles. The van der Waals surface area contributed by atoms with Gasteiger partial charge >= 0.3 is 0 Å². The van der Waals surface area contributed by atoms with Crippen LogP contribution in [0.15, 0.2) is 6.20 Å². The number of nitrogens with one attached hydrogen (secondary N) is 1. The standard InChI is InChI=1S/C16H27N3O2/c1-11(2)8-14(19-6-4-17-5-7-19)15-13(10-20)9-18-12(3)16(15)21/h9,11,14,17,20-21H,4-8,10H2,1-3H3/t14-/m1/s1. The van der Waals surface area contributed by atoms with E-state index >= 15 is 0 Å². The molecule has 0 unspecified atom stereocenters. The predicted octanol–water partition coefficient (Wildman–Crippen LogP) is 1.58. The van der Waals surface area contributed by atoms with Crippen molar-refractivity contribution in [3.05, 3.63) is 23.0 Å². The molecule has 0 saturated carbocycles. The van der Waals surface area contributed by atoms with E-state index in [0.29, 0.717) is 11.6 Å². The summed E-state index contributed by atoms with van der Waals surface area (Å²) in [6, 6.07) is 0.135. The van der Waals surface area contributed by atoms with Crippen molar-refractivity contribution in [3.8, 4) is 5.75 Å². The number of aromatic hydroxyl groups is 1. The van der Waals surface area contributed by atoms with Crippen molar-refractivity contribution in [1.29, 1.82) is 0 Å². The van der Waals surface area contributed by atoms with Gasteiger partial charge < -0.3 is 15.5 Å². The second-order valence-electron chi connectivity index (χ2n) is 6.22. The molecule has 1 atom stereocenters. The molecule has 0 bridgehead atoms. The summed E-state index contributed by atoms with van der Waals surface area (Å²) in [4.78, 5) is 6.58. The molecule has 118 valence electrons. The minimum absolute atomic E-state index is 0.0864. The number of pyridine rings is 1. The maximum absolute atomic E-state index is 10.5. The summed E-state index contributed by atoms with van der Waals surface area (Å²) in [6.45, 7) is 9.97. The molecule has 1 saturated heterocycles. The summed E-state index contributed by atoms with van der Waals surface area (Å²) in [5, 5.41) is 23.5. The van der Waals surface area contributed by atoms with Crippen LogP contribution >= 0.6 is 0 Å². The van der Waals surface area contributed by atoms with Crippen molar-refractivity contribution < 1.29 is 10.2 Å². The number of aliphatic hydroxyl groups is 1. The third-order valence-corrected chi connectivity index (χ3v) is 4.15. The molecule has 0 aliphatic carbocycles. The van der Waals surface area contributed by atoms with E-state index in [1.54, 1.807) is 6.20 Å². The lowest BCUT2D eigenvalue weighted by atomic mass is 9.91. The molecule has 0 amide bonds. The molecular weight excluding hydrogens is 266 g/mol. The van der Waals surface area contributed by atoms with Crippen molar-refractivity contribution in [2.45, 2.75) is 39.8 Å². The fourth-order valence-electron chi connectivity index (χ4n) is 3.04. The molecule has 1 fully saturated rings. The zero-order chi connectivity index (χ0) is 15.4. The molecular formula is C16H27N3O2. The predicted molar refractivity (Wildman–Crippen MR) is 83.2 cm³/mol. The van der Waals surface area contributed by atoms with Gasteiger partial charge in [0.05, 0.1) is 12.3 Å². The summed E-state index contributed by atoms with van der Waals surface area (Å²) in [5.41, 5.74) is 2.23. The van der Waals surface area contributed by atoms with Crippen molar-refractivity contribution in [3.63, 3.8) is 0 Å². The van der Waals surface area contributed by atoms with E-state index in [2.05, 4.69) is 29.0 Å². The molecule has 2 rings (SSSR count). The van der Waals surface area contributed by atoms with Crippen molar-refractivity contribution in [2.75, 3.05) is 26.2 Å². The summed E-state index contributed by atoms with van der Waals surface area (Å²) in [5.74, 6) is 0.759. The summed E-state index contributed by atoms with van der Waals surface area (Å²) in [6.07, 6.45) is 2.66. The normalized spacial score (nSPS) is 18.1. The van der Waals surface area contributed by atoms with Gasteiger partial charge in [-0.25, -0.2) is 0 Å². The number of hydrogen-bond donors (Lipinski definition) is 3. The van der Waals surface area contributed by atoms with E-state index < -0.39 is 0 Å². The van der Waals surface area contributed by atoms with E-state index in [4.69, 9.17) is 0 Å². The third-order valence-electron chi connectivity index (χ3n) is 4.15. The summed E-state index contributed by atoms with van der Waals surface area (Å²) < 4.78 is 0. The van der Waals surface area contributed by atoms with Crippen LogP contribution in [0.3, 0.4) is 0 Å². The lowest BCUT2D eigenvalue weighted by Gasteiger charge is -2.37. The van der Waals surface area contributed by atoms with Crippen molar-refractivity contribution in [1.82, 2.24) is 15.2 Å². The van der Waals surface area contributed by atoms with Crippen LogP contribution < -0.4 is 5.32 Å². The second-order valence-corrected chi connectivity index (χ2v) is 6.22. The minimum Gasteiger partial charge on any atom is -0.506 e. The molecule has 1 aliphatic rings. The van der Waals surface area contributed by atoms with Crippen LogP contribution in [-0.4, -0.2) is 46.3 Å². The Morgan fingerprint density at radius 2 is 2.00 bits per heavy atom. The number of aliphatic hydroxyl groups excluding tert-OH is 1. The van der Waals surface area contributed by atoms with E-state index in [0.717, 1.165) is 43.7 Å². The number of aryl methyl sites for hydroxylation is 1. The Bertz CT molecular complexity index is 471. The van der Waals surface area contributed by atoms with Crippen LogP contribution in [0, 0.1) is 12.8 Å². The summed E-state index contributed by atoms with van der Waals surface area (Å²) in [7, 11) is 0. The first-order chi connectivity index (χ1) is 10.0. The highest BCUT2D eigenvalue weighted by Gasteiger charge is 2.28. The van der Waals surface area contributed by atoms with Crippen LogP contribution in [0.2, 0.25) is 0 Å². The second kappa shape index (κ2) is 7.20. The molecule has 0 aromatic carbocycles. The van der Waals surface area contributed by atoms with E-state index in [9.17, 15) is 10.2 Å². The topological polar surface area (TPSA) is 68.6 Å². The quantitative estimate of drug-likeness (QED) is 0.769. The Kier molecular flexibility index (Phi) is 5.56. The third kappa shape index (κ3) is 3.73. The van der Waals surface area contributed by atoms with Gasteiger partial charge in [-0.3, -0.25) is 9.88 Å². The van der Waals surface area contributed by atoms with Gasteiger partial charge in [-0.05, 0) is 19.3 Å². The average Bonchev–Trinajstić information content (AvgIpc) is 2.48. The number of rotatable bonds is 5. The lowest BCUT2D eigenvalue weighted by Crippen LogP contribution is -2.45. The Morgan fingerprint density at radius 3 is 2.57 bits per heavy atom. The van der Waals surface area contributed by atoms with Gasteiger partial charge in [0, 0.05) is 49.5 Å². The Morgan fingerprint density at radius 1 is 1.33 bits per heavy atom. The maximum Gasteiger partial charge on any atom is 0.141 e. The highest BCUT2D eigenvalue weighted by molar-refractivity contribution is 5.43. The number of hydrogen-bond acceptors (Lipinski definition) is 5. The van der Waals surface area contributed by atoms with Crippen molar-refractivity contribution >= 4 is 0 Å². The zero-order valence-corrected chi connectivity index (χ0v) is 13.3. The highest BCUT2D eigenvalue weighted by atomic mass is 16.3. The van der Waals surface area contributed by atoms with Gasteiger partial charge in [-0.1, -0.05) is 13.8 Å². The molecule has 0 spiro atoms. The number of aromatic nitrogens is 1. The van der Waals surface area contributed by atoms with Gasteiger partial charge in [0.15, 0.2) is 0 Å². The Hall–Kier alpha value is -1.17. The first-order valence-electron chi connectivity index (χ1n) is 7.77. The molecule has 21 heavy (non-hydrogen) atoms. The average molecular weight is 293 g/mol. The smallest absolute Gasteiger partial charge is 0.141 e. The minimum atomic E-state index is -0.0864. The van der Waals surface area contributed by atoms with E-state index in [1.807, 2.05) is 6.92 Å². The van der Waals surface area contributed by atoms with E-state index in [-0.39, 0.29) is 18.4 Å². The molecule has 2 heterocycles. The molecule has 0 radical (unpaired) electrons. The zero-order valence-electron chi connectivity index (χ0n) is 13.3. The molecule has 3 N–H and O–H groups in total. The van der Waals surface area contributed by atoms with Gasteiger partial charge in [-0.15, -0.1) is 0 Å². The van der Waals surface area contributed by atoms with Crippen LogP contribution in [0.25, 0.3) is 0 Å². The fraction of sp³-hybridized carbons (Fsp3) is 0.688. The Balaban J connectivity index is 2.42. The molecule has 1 aromatic rings. The summed E-state index contributed by atoms with van der Waals surface area (Å²) >= 11 is 0. The van der Waals surface area contributed by atoms with Gasteiger partial charge in [0.2, 0.25) is 0 Å². The maximum atomic E-state index is 10.5. The first-order valence-corrected chi connectivity index (χ1v) is 7.77. The van der Waals surface area contributed by atoms with Crippen LogP contribution in [0.1, 0.15) is 43.1 Å². The van der Waals surface area contributed by atoms with Crippen LogP contribution in [-0.2, 0) is 6.61 Å². The molecule has 5 nitrogen and oxygen atoms in total. The fourth-order valence-corrected chi connectivity index (χ4v) is 3.04. The Labute approximate surface area is 127 Å². The van der Waals surface area contributed by atoms with E-state index in [1.165, 1.54) is 0 Å². The van der Waals surface area contributed by atoms with Crippen LogP contribution in [0.4, 0.5) is 0 Å². The lowest BCUT2D eigenvalue weighted by molar-refractivity contribution is 0.148. The molecule has 1 aliphatic heterocycles. The van der Waals surface area contributed by atoms with Gasteiger partial charge in [-0.2, -0.15) is 0 Å². The number of nitrogens with zero attached hydrogens (tertiary/aromatic N) is 2. The van der Waals surface area contributed by atoms with Crippen molar-refractivity contribution in [2.24, 2.45) is 5.92 Å².